The van der Waals surface area contributed by atoms with Gasteiger partial charge >= 0.3 is 0 Å². The summed E-state index contributed by atoms with van der Waals surface area (Å²) in [6.45, 7) is 4.17. The Balaban J connectivity index is 2.98. The van der Waals surface area contributed by atoms with Crippen molar-refractivity contribution in [2.24, 2.45) is 5.92 Å². The van der Waals surface area contributed by atoms with Crippen molar-refractivity contribution in [2.75, 3.05) is 13.7 Å². The zero-order chi connectivity index (χ0) is 10.8. The molecule has 0 saturated carbocycles. The number of hydrogen-bond donors (Lipinski definition) is 1. The first-order chi connectivity index (χ1) is 6.50. The number of nitrogens with zero attached hydrogens (tertiary/aromatic N) is 1. The van der Waals surface area contributed by atoms with E-state index in [1.54, 1.807) is 7.11 Å². The minimum atomic E-state index is -0.981. The normalized spacial score (nSPS) is 15.9. The summed E-state index contributed by atoms with van der Waals surface area (Å²) in [5, 5.41) is 12.9. The van der Waals surface area contributed by atoms with Crippen molar-refractivity contribution in [3.8, 4) is 0 Å². The first-order valence-electron chi connectivity index (χ1n) is 4.33. The highest BCUT2D eigenvalue weighted by Gasteiger charge is 2.36. The van der Waals surface area contributed by atoms with Crippen LogP contribution in [-0.4, -0.2) is 23.8 Å². The quantitative estimate of drug-likeness (QED) is 0.920. The summed E-state index contributed by atoms with van der Waals surface area (Å²) in [6.07, 6.45) is 0. The van der Waals surface area contributed by atoms with Crippen molar-refractivity contribution in [1.82, 2.24) is 4.98 Å². The predicted molar refractivity (Wildman–Crippen MR) is 60.4 cm³/mol. The van der Waals surface area contributed by atoms with Crippen molar-refractivity contribution >= 4 is 27.3 Å². The summed E-state index contributed by atoms with van der Waals surface area (Å²) in [7, 11) is 1.58. The van der Waals surface area contributed by atoms with E-state index in [-0.39, 0.29) is 12.5 Å². The molecule has 0 fully saturated rings. The van der Waals surface area contributed by atoms with Crippen LogP contribution in [0, 0.1) is 5.92 Å². The second-order valence-corrected chi connectivity index (χ2v) is 5.16. The fourth-order valence-corrected chi connectivity index (χ4v) is 2.63. The standard InChI is InChI=1S/C9H14BrNO2S/c1-6(2)9(12,5-13-3)8-11-7(10)4-14-8/h4,6,12H,5H2,1-3H3. The van der Waals surface area contributed by atoms with Crippen LogP contribution in [0.1, 0.15) is 18.9 Å². The van der Waals surface area contributed by atoms with Gasteiger partial charge in [0.25, 0.3) is 0 Å². The summed E-state index contributed by atoms with van der Waals surface area (Å²) in [4.78, 5) is 4.23. The molecule has 1 N–H and O–H groups in total. The Morgan fingerprint density at radius 2 is 2.36 bits per heavy atom. The average Bonchev–Trinajstić information content (AvgIpc) is 2.52. The molecule has 0 aliphatic rings. The van der Waals surface area contributed by atoms with Crippen LogP contribution < -0.4 is 0 Å². The third-order valence-corrected chi connectivity index (χ3v) is 3.88. The molecule has 0 saturated heterocycles. The molecule has 0 aliphatic heterocycles. The van der Waals surface area contributed by atoms with E-state index in [4.69, 9.17) is 4.74 Å². The van der Waals surface area contributed by atoms with Crippen LogP contribution in [0.4, 0.5) is 0 Å². The first kappa shape index (κ1) is 12.1. The van der Waals surface area contributed by atoms with E-state index in [0.717, 1.165) is 4.60 Å². The number of methoxy groups -OCH3 is 1. The molecule has 1 heterocycles. The molecule has 0 spiro atoms. The number of hydrogen-bond acceptors (Lipinski definition) is 4. The van der Waals surface area contributed by atoms with Gasteiger partial charge in [-0.1, -0.05) is 13.8 Å². The van der Waals surface area contributed by atoms with Crippen LogP contribution in [0.15, 0.2) is 9.98 Å². The average molecular weight is 280 g/mol. The molecule has 0 bridgehead atoms. The lowest BCUT2D eigenvalue weighted by Gasteiger charge is -2.29. The topological polar surface area (TPSA) is 42.4 Å². The van der Waals surface area contributed by atoms with E-state index in [9.17, 15) is 5.11 Å². The third kappa shape index (κ3) is 2.34. The fourth-order valence-electron chi connectivity index (χ4n) is 1.15. The van der Waals surface area contributed by atoms with Gasteiger partial charge in [-0.2, -0.15) is 0 Å². The molecule has 80 valence electrons. The number of ether oxygens (including phenoxy) is 1. The van der Waals surface area contributed by atoms with Gasteiger partial charge in [0.2, 0.25) is 0 Å². The summed E-state index contributed by atoms with van der Waals surface area (Å²) in [5.41, 5.74) is -0.981. The number of aliphatic hydroxyl groups is 1. The minimum Gasteiger partial charge on any atom is -0.381 e. The van der Waals surface area contributed by atoms with Gasteiger partial charge in [0.1, 0.15) is 15.2 Å². The van der Waals surface area contributed by atoms with E-state index in [1.807, 2.05) is 19.2 Å². The Morgan fingerprint density at radius 1 is 1.71 bits per heavy atom. The zero-order valence-corrected chi connectivity index (χ0v) is 10.9. The fraction of sp³-hybridized carbons (Fsp3) is 0.667. The van der Waals surface area contributed by atoms with Crippen LogP contribution in [-0.2, 0) is 10.3 Å². The van der Waals surface area contributed by atoms with E-state index in [2.05, 4.69) is 20.9 Å². The molecule has 0 aromatic carbocycles. The smallest absolute Gasteiger partial charge is 0.141 e. The molecule has 14 heavy (non-hydrogen) atoms. The van der Waals surface area contributed by atoms with Crippen LogP contribution >= 0.6 is 27.3 Å². The van der Waals surface area contributed by atoms with Gasteiger partial charge < -0.3 is 9.84 Å². The Bertz CT molecular complexity index is 303. The Labute approximate surface area is 96.3 Å². The molecule has 1 aromatic rings. The van der Waals surface area contributed by atoms with Gasteiger partial charge in [-0.3, -0.25) is 0 Å². The first-order valence-corrected chi connectivity index (χ1v) is 6.00. The number of rotatable bonds is 4. The summed E-state index contributed by atoms with van der Waals surface area (Å²) in [6, 6.07) is 0. The lowest BCUT2D eigenvalue weighted by atomic mass is 9.92. The number of thiazole rings is 1. The lowest BCUT2D eigenvalue weighted by Crippen LogP contribution is -2.36. The Kier molecular flexibility index (Phi) is 4.06. The molecular formula is C9H14BrNO2S. The molecule has 0 aliphatic carbocycles. The molecule has 1 atom stereocenters. The van der Waals surface area contributed by atoms with Crippen molar-refractivity contribution < 1.29 is 9.84 Å². The molecule has 5 heteroatoms. The van der Waals surface area contributed by atoms with E-state index in [1.165, 1.54) is 11.3 Å². The number of aromatic nitrogens is 1. The van der Waals surface area contributed by atoms with Crippen LogP contribution in [0.5, 0.6) is 0 Å². The SMILES string of the molecule is COCC(O)(c1nc(Br)cs1)C(C)C. The van der Waals surface area contributed by atoms with Gasteiger partial charge in [0, 0.05) is 12.5 Å². The second kappa shape index (κ2) is 4.70. The maximum absolute atomic E-state index is 10.4. The second-order valence-electron chi connectivity index (χ2n) is 3.49. The van der Waals surface area contributed by atoms with Gasteiger partial charge in [0.15, 0.2) is 0 Å². The van der Waals surface area contributed by atoms with Gasteiger partial charge in [0.05, 0.1) is 6.61 Å². The zero-order valence-electron chi connectivity index (χ0n) is 8.45. The molecule has 3 nitrogen and oxygen atoms in total. The summed E-state index contributed by atoms with van der Waals surface area (Å²) >= 11 is 4.71. The minimum absolute atomic E-state index is 0.0699. The molecular weight excluding hydrogens is 266 g/mol. The largest absolute Gasteiger partial charge is 0.381 e. The predicted octanol–water partition coefficient (Wildman–Crippen LogP) is 2.40. The monoisotopic (exact) mass is 279 g/mol. The molecule has 0 radical (unpaired) electrons. The van der Waals surface area contributed by atoms with E-state index in [0.29, 0.717) is 5.01 Å². The van der Waals surface area contributed by atoms with Crippen molar-refractivity contribution in [3.63, 3.8) is 0 Å². The van der Waals surface area contributed by atoms with E-state index < -0.39 is 5.60 Å². The van der Waals surface area contributed by atoms with Crippen molar-refractivity contribution in [2.45, 2.75) is 19.4 Å². The third-order valence-electron chi connectivity index (χ3n) is 2.17. The Hall–Kier alpha value is 0.0300. The van der Waals surface area contributed by atoms with Crippen LogP contribution in [0.2, 0.25) is 0 Å². The van der Waals surface area contributed by atoms with Crippen molar-refractivity contribution in [1.29, 1.82) is 0 Å². The Morgan fingerprint density at radius 3 is 2.71 bits per heavy atom. The van der Waals surface area contributed by atoms with Gasteiger partial charge in [-0.05, 0) is 21.8 Å². The highest BCUT2D eigenvalue weighted by atomic mass is 79.9. The van der Waals surface area contributed by atoms with Gasteiger partial charge in [-0.25, -0.2) is 4.98 Å². The van der Waals surface area contributed by atoms with Crippen molar-refractivity contribution in [3.05, 3.63) is 15.0 Å². The summed E-state index contributed by atoms with van der Waals surface area (Å²) in [5.74, 6) is 0.0699. The highest BCUT2D eigenvalue weighted by Crippen LogP contribution is 2.33. The maximum atomic E-state index is 10.4. The molecule has 1 aromatic heterocycles. The lowest BCUT2D eigenvalue weighted by molar-refractivity contribution is -0.0701. The molecule has 1 rings (SSSR count). The molecule has 1 unspecified atom stereocenters. The van der Waals surface area contributed by atoms with Crippen LogP contribution in [0.25, 0.3) is 0 Å². The van der Waals surface area contributed by atoms with E-state index >= 15 is 0 Å². The maximum Gasteiger partial charge on any atom is 0.141 e. The van der Waals surface area contributed by atoms with Crippen LogP contribution in [0.3, 0.4) is 0 Å². The molecule has 0 amide bonds. The van der Waals surface area contributed by atoms with Gasteiger partial charge in [-0.15, -0.1) is 11.3 Å². The summed E-state index contributed by atoms with van der Waals surface area (Å²) < 4.78 is 5.79. The highest BCUT2D eigenvalue weighted by molar-refractivity contribution is 9.10. The number of halogens is 1.